The van der Waals surface area contributed by atoms with E-state index in [9.17, 15) is 9.18 Å². The predicted octanol–water partition coefficient (Wildman–Crippen LogP) is 3.60. The summed E-state index contributed by atoms with van der Waals surface area (Å²) in [6, 6.07) is 13.8. The minimum atomic E-state index is -0.313. The first kappa shape index (κ1) is 16.6. The maximum Gasteiger partial charge on any atom is 0.254 e. The van der Waals surface area contributed by atoms with Crippen LogP contribution in [0.15, 0.2) is 60.9 Å². The normalized spacial score (nSPS) is 10.3. The minimum absolute atomic E-state index is 0.242. The average molecular weight is 336 g/mol. The molecule has 126 valence electrons. The van der Waals surface area contributed by atoms with Gasteiger partial charge < -0.3 is 10.6 Å². The Bertz CT molecular complexity index is 846. The molecule has 0 saturated carbocycles. The van der Waals surface area contributed by atoms with Crippen LogP contribution in [0, 0.1) is 12.7 Å². The molecule has 0 unspecified atom stereocenters. The number of rotatable bonds is 5. The van der Waals surface area contributed by atoms with Crippen molar-refractivity contribution in [2.45, 2.75) is 13.5 Å². The summed E-state index contributed by atoms with van der Waals surface area (Å²) in [4.78, 5) is 20.4. The van der Waals surface area contributed by atoms with Crippen LogP contribution in [0.4, 0.5) is 16.0 Å². The summed E-state index contributed by atoms with van der Waals surface area (Å²) in [5.74, 6) is -0.220. The average Bonchev–Trinajstić information content (AvgIpc) is 2.63. The molecule has 25 heavy (non-hydrogen) atoms. The summed E-state index contributed by atoms with van der Waals surface area (Å²) in [5, 5.41) is 5.77. The quantitative estimate of drug-likeness (QED) is 0.747. The van der Waals surface area contributed by atoms with Crippen molar-refractivity contribution >= 4 is 17.5 Å². The topological polar surface area (TPSA) is 66.9 Å². The lowest BCUT2D eigenvalue weighted by Crippen LogP contribution is -2.23. The first-order valence-corrected chi connectivity index (χ1v) is 7.78. The fourth-order valence-electron chi connectivity index (χ4n) is 2.16. The van der Waals surface area contributed by atoms with E-state index in [-0.39, 0.29) is 11.7 Å². The molecular formula is C19H17FN4O. The van der Waals surface area contributed by atoms with Gasteiger partial charge in [0.1, 0.15) is 5.82 Å². The highest BCUT2D eigenvalue weighted by Crippen LogP contribution is 2.13. The summed E-state index contributed by atoms with van der Waals surface area (Å²) < 4.78 is 12.9. The van der Waals surface area contributed by atoms with Crippen LogP contribution in [0.2, 0.25) is 0 Å². The van der Waals surface area contributed by atoms with Crippen molar-refractivity contribution in [3.05, 3.63) is 83.4 Å². The minimum Gasteiger partial charge on any atom is -0.348 e. The standard InChI is InChI=1S/C19H17FN4O/c1-13-2-4-14(5-3-13)10-21-18(25)15-11-22-19(23-12-15)24-17-8-6-16(20)7-9-17/h2-9,11-12H,10H2,1H3,(H,21,25)(H,22,23,24). The molecule has 1 amide bonds. The molecule has 0 aliphatic heterocycles. The Labute approximate surface area is 145 Å². The van der Waals surface area contributed by atoms with E-state index in [1.54, 1.807) is 12.1 Å². The molecule has 0 fully saturated rings. The maximum atomic E-state index is 12.9. The van der Waals surface area contributed by atoms with Crippen LogP contribution < -0.4 is 10.6 Å². The number of halogens is 1. The van der Waals surface area contributed by atoms with Crippen LogP contribution in [0.5, 0.6) is 0 Å². The summed E-state index contributed by atoms with van der Waals surface area (Å²) in [6.45, 7) is 2.45. The van der Waals surface area contributed by atoms with Gasteiger partial charge in [0.05, 0.1) is 5.56 Å². The highest BCUT2D eigenvalue weighted by molar-refractivity contribution is 5.93. The summed E-state index contributed by atoms with van der Waals surface area (Å²) in [6.07, 6.45) is 2.90. The third-order valence-corrected chi connectivity index (χ3v) is 3.59. The molecule has 3 rings (SSSR count). The van der Waals surface area contributed by atoms with Crippen LogP contribution in [0.3, 0.4) is 0 Å². The monoisotopic (exact) mass is 336 g/mol. The van der Waals surface area contributed by atoms with E-state index in [0.717, 1.165) is 5.56 Å². The van der Waals surface area contributed by atoms with Gasteiger partial charge in [-0.15, -0.1) is 0 Å². The van der Waals surface area contributed by atoms with Crippen molar-refractivity contribution in [3.8, 4) is 0 Å². The zero-order chi connectivity index (χ0) is 17.6. The van der Waals surface area contributed by atoms with Crippen molar-refractivity contribution in [1.82, 2.24) is 15.3 Å². The third-order valence-electron chi connectivity index (χ3n) is 3.59. The van der Waals surface area contributed by atoms with Crippen molar-refractivity contribution in [1.29, 1.82) is 0 Å². The Morgan fingerprint density at radius 1 is 1.00 bits per heavy atom. The van der Waals surface area contributed by atoms with Crippen LogP contribution in [-0.4, -0.2) is 15.9 Å². The van der Waals surface area contributed by atoms with E-state index in [2.05, 4.69) is 20.6 Å². The second-order valence-electron chi connectivity index (χ2n) is 5.60. The Morgan fingerprint density at radius 3 is 2.28 bits per heavy atom. The van der Waals surface area contributed by atoms with E-state index < -0.39 is 0 Å². The van der Waals surface area contributed by atoms with Gasteiger partial charge >= 0.3 is 0 Å². The van der Waals surface area contributed by atoms with Gasteiger partial charge in [-0.3, -0.25) is 4.79 Å². The Hall–Kier alpha value is -3.28. The number of hydrogen-bond donors (Lipinski definition) is 2. The van der Waals surface area contributed by atoms with Crippen molar-refractivity contribution in [3.63, 3.8) is 0 Å². The number of amides is 1. The highest BCUT2D eigenvalue weighted by atomic mass is 19.1. The van der Waals surface area contributed by atoms with Crippen LogP contribution >= 0.6 is 0 Å². The second-order valence-corrected chi connectivity index (χ2v) is 5.60. The summed E-state index contributed by atoms with van der Waals surface area (Å²) in [7, 11) is 0. The molecule has 1 aromatic heterocycles. The molecule has 0 bridgehead atoms. The molecule has 0 atom stereocenters. The molecule has 2 N–H and O–H groups in total. The van der Waals surface area contributed by atoms with Gasteiger partial charge in [-0.05, 0) is 36.8 Å². The lowest BCUT2D eigenvalue weighted by Gasteiger charge is -2.07. The fraction of sp³-hybridized carbons (Fsp3) is 0.105. The van der Waals surface area contributed by atoms with Gasteiger partial charge in [0.15, 0.2) is 0 Å². The zero-order valence-corrected chi connectivity index (χ0v) is 13.7. The first-order chi connectivity index (χ1) is 12.1. The lowest BCUT2D eigenvalue weighted by atomic mass is 10.1. The molecule has 0 saturated heterocycles. The largest absolute Gasteiger partial charge is 0.348 e. The number of hydrogen-bond acceptors (Lipinski definition) is 4. The number of carbonyl (C=O) groups excluding carboxylic acids is 1. The van der Waals surface area contributed by atoms with Crippen molar-refractivity contribution in [2.24, 2.45) is 0 Å². The molecular weight excluding hydrogens is 319 g/mol. The number of nitrogens with zero attached hydrogens (tertiary/aromatic N) is 2. The van der Waals surface area contributed by atoms with Crippen molar-refractivity contribution in [2.75, 3.05) is 5.32 Å². The van der Waals surface area contributed by atoms with E-state index >= 15 is 0 Å². The van der Waals surface area contributed by atoms with E-state index in [4.69, 9.17) is 0 Å². The molecule has 5 nitrogen and oxygen atoms in total. The van der Waals surface area contributed by atoms with Gasteiger partial charge in [0, 0.05) is 24.6 Å². The summed E-state index contributed by atoms with van der Waals surface area (Å²) >= 11 is 0. The molecule has 0 aliphatic carbocycles. The van der Waals surface area contributed by atoms with Crippen molar-refractivity contribution < 1.29 is 9.18 Å². The number of aryl methyl sites for hydroxylation is 1. The van der Waals surface area contributed by atoms with Gasteiger partial charge in [-0.25, -0.2) is 14.4 Å². The molecule has 3 aromatic rings. The van der Waals surface area contributed by atoms with Gasteiger partial charge in [-0.2, -0.15) is 0 Å². The van der Waals surface area contributed by atoms with Crippen LogP contribution in [0.25, 0.3) is 0 Å². The molecule has 6 heteroatoms. The number of benzene rings is 2. The SMILES string of the molecule is Cc1ccc(CNC(=O)c2cnc(Nc3ccc(F)cc3)nc2)cc1. The van der Waals surface area contributed by atoms with Gasteiger partial charge in [0.2, 0.25) is 5.95 Å². The molecule has 0 spiro atoms. The Kier molecular flexibility index (Phi) is 4.99. The predicted molar refractivity (Wildman–Crippen MR) is 94.1 cm³/mol. The molecule has 2 aromatic carbocycles. The fourth-order valence-corrected chi connectivity index (χ4v) is 2.16. The zero-order valence-electron chi connectivity index (χ0n) is 13.7. The molecule has 0 radical (unpaired) electrons. The third kappa shape index (κ3) is 4.60. The van der Waals surface area contributed by atoms with E-state index in [1.807, 2.05) is 31.2 Å². The summed E-state index contributed by atoms with van der Waals surface area (Å²) in [5.41, 5.74) is 3.23. The van der Waals surface area contributed by atoms with Gasteiger partial charge in [0.25, 0.3) is 5.91 Å². The second kappa shape index (κ2) is 7.53. The number of nitrogens with one attached hydrogen (secondary N) is 2. The number of aromatic nitrogens is 2. The van der Waals surface area contributed by atoms with Crippen LogP contribution in [-0.2, 0) is 6.54 Å². The molecule has 1 heterocycles. The maximum absolute atomic E-state index is 12.9. The number of anilines is 2. The van der Waals surface area contributed by atoms with Gasteiger partial charge in [-0.1, -0.05) is 29.8 Å². The van der Waals surface area contributed by atoms with E-state index in [1.165, 1.54) is 30.1 Å². The smallest absolute Gasteiger partial charge is 0.254 e. The highest BCUT2D eigenvalue weighted by Gasteiger charge is 2.07. The lowest BCUT2D eigenvalue weighted by molar-refractivity contribution is 0.0950. The molecule has 0 aliphatic rings. The van der Waals surface area contributed by atoms with Crippen LogP contribution in [0.1, 0.15) is 21.5 Å². The number of carbonyl (C=O) groups is 1. The Balaban J connectivity index is 1.58. The van der Waals surface area contributed by atoms with E-state index in [0.29, 0.717) is 23.7 Å². The first-order valence-electron chi connectivity index (χ1n) is 7.78. The Morgan fingerprint density at radius 2 is 1.64 bits per heavy atom.